The largest absolute Gasteiger partial charge is 0.472 e. The molecule has 17 heavy (non-hydrogen) atoms. The van der Waals surface area contributed by atoms with Crippen molar-refractivity contribution in [3.63, 3.8) is 0 Å². The summed E-state index contributed by atoms with van der Waals surface area (Å²) >= 11 is 0. The average Bonchev–Trinajstić information content (AvgIpc) is 2.83. The van der Waals surface area contributed by atoms with Crippen LogP contribution in [0.1, 0.15) is 44.1 Å². The first kappa shape index (κ1) is 12.2. The summed E-state index contributed by atoms with van der Waals surface area (Å²) in [4.78, 5) is 11.7. The lowest BCUT2D eigenvalue weighted by Crippen LogP contribution is -2.28. The van der Waals surface area contributed by atoms with Gasteiger partial charge < -0.3 is 9.73 Å². The predicted molar refractivity (Wildman–Crippen MR) is 66.6 cm³/mol. The quantitative estimate of drug-likeness (QED) is 0.852. The zero-order valence-electron chi connectivity index (χ0n) is 10.3. The van der Waals surface area contributed by atoms with Crippen molar-refractivity contribution >= 4 is 5.91 Å². The molecule has 1 amide bonds. The molecule has 1 N–H and O–H groups in total. The van der Waals surface area contributed by atoms with Gasteiger partial charge in [-0.15, -0.1) is 0 Å². The molecule has 1 aromatic rings. The van der Waals surface area contributed by atoms with Crippen molar-refractivity contribution in [2.45, 2.75) is 44.9 Å². The first-order valence-corrected chi connectivity index (χ1v) is 6.62. The van der Waals surface area contributed by atoms with Gasteiger partial charge in [-0.1, -0.05) is 19.3 Å². The number of nitrogens with one attached hydrogen (secondary N) is 1. The summed E-state index contributed by atoms with van der Waals surface area (Å²) in [6.07, 6.45) is 11.4. The molecule has 0 atom stereocenters. The highest BCUT2D eigenvalue weighted by atomic mass is 16.3. The van der Waals surface area contributed by atoms with Gasteiger partial charge in [0.25, 0.3) is 0 Å². The number of carbonyl (C=O) groups is 1. The van der Waals surface area contributed by atoms with E-state index in [4.69, 9.17) is 4.42 Å². The van der Waals surface area contributed by atoms with Gasteiger partial charge in [0.1, 0.15) is 0 Å². The second-order valence-electron chi connectivity index (χ2n) is 4.94. The van der Waals surface area contributed by atoms with Gasteiger partial charge in [0, 0.05) is 13.0 Å². The van der Waals surface area contributed by atoms with E-state index in [1.807, 2.05) is 6.07 Å². The minimum Gasteiger partial charge on any atom is -0.472 e. The van der Waals surface area contributed by atoms with Gasteiger partial charge in [0.15, 0.2) is 0 Å². The monoisotopic (exact) mass is 235 g/mol. The summed E-state index contributed by atoms with van der Waals surface area (Å²) in [5.41, 5.74) is 1.14. The Balaban J connectivity index is 1.60. The zero-order chi connectivity index (χ0) is 11.9. The number of hydrogen-bond donors (Lipinski definition) is 1. The molecule has 1 aromatic heterocycles. The van der Waals surface area contributed by atoms with Gasteiger partial charge in [-0.3, -0.25) is 4.79 Å². The number of amides is 1. The van der Waals surface area contributed by atoms with E-state index < -0.39 is 0 Å². The van der Waals surface area contributed by atoms with Crippen LogP contribution < -0.4 is 5.32 Å². The Kier molecular flexibility index (Phi) is 4.65. The Morgan fingerprint density at radius 3 is 2.88 bits per heavy atom. The molecular weight excluding hydrogens is 214 g/mol. The molecule has 3 heteroatoms. The third-order valence-electron chi connectivity index (χ3n) is 3.51. The van der Waals surface area contributed by atoms with Gasteiger partial charge in [-0.2, -0.15) is 0 Å². The fourth-order valence-electron chi connectivity index (χ4n) is 2.51. The molecule has 1 aliphatic rings. The molecule has 0 saturated heterocycles. The predicted octanol–water partition coefficient (Wildman–Crippen LogP) is 2.91. The van der Waals surface area contributed by atoms with Crippen LogP contribution in [-0.4, -0.2) is 12.5 Å². The van der Waals surface area contributed by atoms with Crippen molar-refractivity contribution in [2.24, 2.45) is 5.92 Å². The van der Waals surface area contributed by atoms with Gasteiger partial charge in [-0.05, 0) is 36.8 Å². The average molecular weight is 235 g/mol. The summed E-state index contributed by atoms with van der Waals surface area (Å²) in [6, 6.07) is 1.94. The molecule has 94 valence electrons. The van der Waals surface area contributed by atoms with Crippen LogP contribution in [0.15, 0.2) is 23.0 Å². The third kappa shape index (κ3) is 4.25. The normalized spacial score (nSPS) is 16.9. The Bertz CT molecular complexity index is 326. The molecule has 0 unspecified atom stereocenters. The second-order valence-corrected chi connectivity index (χ2v) is 4.94. The van der Waals surface area contributed by atoms with Crippen LogP contribution in [0.25, 0.3) is 0 Å². The van der Waals surface area contributed by atoms with Crippen molar-refractivity contribution in [3.8, 4) is 0 Å². The molecule has 1 fully saturated rings. The van der Waals surface area contributed by atoms with Crippen LogP contribution in [0.5, 0.6) is 0 Å². The van der Waals surface area contributed by atoms with E-state index in [1.165, 1.54) is 32.1 Å². The summed E-state index contributed by atoms with van der Waals surface area (Å²) in [6.45, 7) is 0.713. The number of hydrogen-bond acceptors (Lipinski definition) is 2. The van der Waals surface area contributed by atoms with E-state index in [1.54, 1.807) is 12.5 Å². The molecular formula is C14H21NO2. The van der Waals surface area contributed by atoms with Crippen molar-refractivity contribution in [2.75, 3.05) is 6.54 Å². The van der Waals surface area contributed by atoms with Crippen LogP contribution in [0.2, 0.25) is 0 Å². The van der Waals surface area contributed by atoms with Crippen LogP contribution in [0, 0.1) is 5.92 Å². The molecule has 0 aliphatic heterocycles. The number of carbonyl (C=O) groups excluding carboxylic acids is 1. The summed E-state index contributed by atoms with van der Waals surface area (Å²) in [7, 11) is 0. The number of furan rings is 1. The Morgan fingerprint density at radius 2 is 2.18 bits per heavy atom. The molecule has 0 spiro atoms. The molecule has 1 aliphatic carbocycles. The van der Waals surface area contributed by atoms with E-state index in [-0.39, 0.29) is 5.91 Å². The maximum Gasteiger partial charge on any atom is 0.220 e. The van der Waals surface area contributed by atoms with Crippen molar-refractivity contribution in [1.29, 1.82) is 0 Å². The maximum absolute atomic E-state index is 11.7. The maximum atomic E-state index is 11.7. The van der Waals surface area contributed by atoms with E-state index in [2.05, 4.69) is 5.32 Å². The van der Waals surface area contributed by atoms with Crippen molar-refractivity contribution < 1.29 is 9.21 Å². The summed E-state index contributed by atoms with van der Waals surface area (Å²) < 4.78 is 4.98. The lowest BCUT2D eigenvalue weighted by molar-refractivity contribution is -0.122. The van der Waals surface area contributed by atoms with E-state index in [9.17, 15) is 4.79 Å². The lowest BCUT2D eigenvalue weighted by atomic mass is 9.87. The molecule has 0 aromatic carbocycles. The van der Waals surface area contributed by atoms with Crippen LogP contribution >= 0.6 is 0 Å². The molecule has 0 bridgehead atoms. The smallest absolute Gasteiger partial charge is 0.220 e. The van der Waals surface area contributed by atoms with Gasteiger partial charge in [-0.25, -0.2) is 0 Å². The standard InChI is InChI=1S/C14H21NO2/c16-14(10-12-4-2-1-3-5-12)15-8-6-13-7-9-17-11-13/h7,9,11-12H,1-6,8,10H2,(H,15,16). The highest BCUT2D eigenvalue weighted by molar-refractivity contribution is 5.76. The third-order valence-corrected chi connectivity index (χ3v) is 3.51. The minimum absolute atomic E-state index is 0.209. The van der Waals surface area contributed by atoms with Gasteiger partial charge in [0.2, 0.25) is 5.91 Å². The van der Waals surface area contributed by atoms with E-state index in [0.717, 1.165) is 12.0 Å². The molecule has 0 radical (unpaired) electrons. The van der Waals surface area contributed by atoms with Crippen LogP contribution in [0.4, 0.5) is 0 Å². The molecule has 2 rings (SSSR count). The summed E-state index contributed by atoms with van der Waals surface area (Å²) in [5.74, 6) is 0.832. The highest BCUT2D eigenvalue weighted by Crippen LogP contribution is 2.25. The summed E-state index contributed by atoms with van der Waals surface area (Å²) in [5, 5.41) is 2.99. The molecule has 3 nitrogen and oxygen atoms in total. The van der Waals surface area contributed by atoms with E-state index >= 15 is 0 Å². The fourth-order valence-corrected chi connectivity index (χ4v) is 2.51. The van der Waals surface area contributed by atoms with Crippen molar-refractivity contribution in [1.82, 2.24) is 5.32 Å². The topological polar surface area (TPSA) is 42.2 Å². The second kappa shape index (κ2) is 6.48. The highest BCUT2D eigenvalue weighted by Gasteiger charge is 2.16. The molecule has 1 saturated carbocycles. The van der Waals surface area contributed by atoms with Gasteiger partial charge >= 0.3 is 0 Å². The van der Waals surface area contributed by atoms with Crippen LogP contribution in [-0.2, 0) is 11.2 Å². The Hall–Kier alpha value is -1.25. The first-order chi connectivity index (χ1) is 8.34. The minimum atomic E-state index is 0.209. The molecule has 1 heterocycles. The van der Waals surface area contributed by atoms with Crippen molar-refractivity contribution in [3.05, 3.63) is 24.2 Å². The fraction of sp³-hybridized carbons (Fsp3) is 0.643. The lowest BCUT2D eigenvalue weighted by Gasteiger charge is -2.20. The SMILES string of the molecule is O=C(CC1CCCCC1)NCCc1ccoc1. The van der Waals surface area contributed by atoms with E-state index in [0.29, 0.717) is 18.9 Å². The Morgan fingerprint density at radius 1 is 1.35 bits per heavy atom. The van der Waals surface area contributed by atoms with Gasteiger partial charge in [0.05, 0.1) is 12.5 Å². The Labute approximate surface area is 103 Å². The zero-order valence-corrected chi connectivity index (χ0v) is 10.3. The van der Waals surface area contributed by atoms with Crippen LogP contribution in [0.3, 0.4) is 0 Å². The first-order valence-electron chi connectivity index (χ1n) is 6.62. The number of rotatable bonds is 5.